The number of amides is 1. The van der Waals surface area contributed by atoms with E-state index in [1.807, 2.05) is 55.6 Å². The van der Waals surface area contributed by atoms with Crippen molar-refractivity contribution in [3.05, 3.63) is 66.2 Å². The quantitative estimate of drug-likeness (QED) is 0.660. The third kappa shape index (κ3) is 3.80. The molecule has 0 aromatic heterocycles. The molecule has 134 valence electrons. The number of anilines is 1. The highest BCUT2D eigenvalue weighted by atomic mass is 16.5. The summed E-state index contributed by atoms with van der Waals surface area (Å²) in [5, 5.41) is 2.30. The molecule has 0 saturated heterocycles. The molecule has 0 radical (unpaired) electrons. The van der Waals surface area contributed by atoms with Crippen LogP contribution in [0.1, 0.15) is 12.0 Å². The third-order valence-corrected chi connectivity index (χ3v) is 4.57. The average Bonchev–Trinajstić information content (AvgIpc) is 2.70. The lowest BCUT2D eigenvalue weighted by atomic mass is 10.1. The highest BCUT2D eigenvalue weighted by Crippen LogP contribution is 2.28. The molecule has 0 N–H and O–H groups in total. The second kappa shape index (κ2) is 7.91. The van der Waals surface area contributed by atoms with Gasteiger partial charge in [-0.25, -0.2) is 0 Å². The minimum atomic E-state index is 0.0788. The summed E-state index contributed by atoms with van der Waals surface area (Å²) in [6.07, 6.45) is 1.08. The Balaban J connectivity index is 1.69. The Kier molecular flexibility index (Phi) is 5.42. The van der Waals surface area contributed by atoms with Crippen LogP contribution in [0.25, 0.3) is 10.8 Å². The Morgan fingerprint density at radius 2 is 1.62 bits per heavy atom. The van der Waals surface area contributed by atoms with E-state index in [9.17, 15) is 4.79 Å². The van der Waals surface area contributed by atoms with Crippen molar-refractivity contribution in [1.29, 1.82) is 0 Å². The predicted molar refractivity (Wildman–Crippen MR) is 105 cm³/mol. The van der Waals surface area contributed by atoms with Gasteiger partial charge in [0.25, 0.3) is 0 Å². The summed E-state index contributed by atoms with van der Waals surface area (Å²) in [6.45, 7) is 0. The molecular weight excluding hydrogens is 326 g/mol. The molecule has 0 bridgehead atoms. The second-order valence-corrected chi connectivity index (χ2v) is 6.17. The van der Waals surface area contributed by atoms with E-state index in [1.54, 1.807) is 19.1 Å². The molecule has 0 aliphatic heterocycles. The zero-order valence-electron chi connectivity index (χ0n) is 15.4. The minimum Gasteiger partial charge on any atom is -0.493 e. The van der Waals surface area contributed by atoms with Crippen molar-refractivity contribution in [2.24, 2.45) is 0 Å². The molecule has 0 aliphatic carbocycles. The van der Waals surface area contributed by atoms with E-state index in [4.69, 9.17) is 9.47 Å². The van der Waals surface area contributed by atoms with Gasteiger partial charge in [-0.1, -0.05) is 36.4 Å². The molecule has 0 atom stereocenters. The number of nitrogens with zero attached hydrogens (tertiary/aromatic N) is 1. The van der Waals surface area contributed by atoms with Crippen LogP contribution in [0.3, 0.4) is 0 Å². The van der Waals surface area contributed by atoms with E-state index in [2.05, 4.69) is 12.1 Å². The summed E-state index contributed by atoms with van der Waals surface area (Å²) < 4.78 is 10.6. The smallest absolute Gasteiger partial charge is 0.227 e. The maximum absolute atomic E-state index is 12.6. The van der Waals surface area contributed by atoms with Gasteiger partial charge in [0, 0.05) is 19.2 Å². The lowest BCUT2D eigenvalue weighted by Crippen LogP contribution is -2.26. The predicted octanol–water partition coefficient (Wildman–Crippen LogP) is 4.45. The molecule has 0 aliphatic rings. The van der Waals surface area contributed by atoms with Gasteiger partial charge in [0.15, 0.2) is 11.5 Å². The molecule has 3 rings (SSSR count). The standard InChI is InChI=1S/C22H23NO3/c1-23(19-11-10-17-6-4-5-7-18(17)15-19)22(24)13-9-16-8-12-20(25-2)21(14-16)26-3/h4-8,10-12,14-15H,9,13H2,1-3H3. The minimum absolute atomic E-state index is 0.0788. The van der Waals surface area contributed by atoms with Gasteiger partial charge in [0.2, 0.25) is 5.91 Å². The molecular formula is C22H23NO3. The maximum Gasteiger partial charge on any atom is 0.227 e. The molecule has 0 saturated carbocycles. The Hall–Kier alpha value is -3.01. The van der Waals surface area contributed by atoms with E-state index >= 15 is 0 Å². The highest BCUT2D eigenvalue weighted by molar-refractivity contribution is 5.96. The number of ether oxygens (including phenoxy) is 2. The van der Waals surface area contributed by atoms with Crippen molar-refractivity contribution in [3.63, 3.8) is 0 Å². The van der Waals surface area contributed by atoms with Crippen molar-refractivity contribution in [3.8, 4) is 11.5 Å². The monoisotopic (exact) mass is 349 g/mol. The van der Waals surface area contributed by atoms with Gasteiger partial charge >= 0.3 is 0 Å². The average molecular weight is 349 g/mol. The number of aryl methyl sites for hydroxylation is 1. The third-order valence-electron chi connectivity index (χ3n) is 4.57. The zero-order chi connectivity index (χ0) is 18.5. The van der Waals surface area contributed by atoms with Crippen molar-refractivity contribution in [1.82, 2.24) is 0 Å². The molecule has 1 amide bonds. The van der Waals surface area contributed by atoms with Crippen molar-refractivity contribution in [2.45, 2.75) is 12.8 Å². The van der Waals surface area contributed by atoms with Crippen LogP contribution in [0, 0.1) is 0 Å². The number of benzene rings is 3. The van der Waals surface area contributed by atoms with Crippen LogP contribution < -0.4 is 14.4 Å². The molecule has 0 unspecified atom stereocenters. The van der Waals surface area contributed by atoms with Crippen molar-refractivity contribution < 1.29 is 14.3 Å². The van der Waals surface area contributed by atoms with E-state index < -0.39 is 0 Å². The van der Waals surface area contributed by atoms with Gasteiger partial charge < -0.3 is 14.4 Å². The highest BCUT2D eigenvalue weighted by Gasteiger charge is 2.12. The molecule has 4 nitrogen and oxygen atoms in total. The number of carbonyl (C=O) groups is 1. The number of hydrogen-bond donors (Lipinski definition) is 0. The molecule has 3 aromatic carbocycles. The zero-order valence-corrected chi connectivity index (χ0v) is 15.4. The number of hydrogen-bond acceptors (Lipinski definition) is 3. The lowest BCUT2D eigenvalue weighted by molar-refractivity contribution is -0.118. The Morgan fingerprint density at radius 1 is 0.885 bits per heavy atom. The van der Waals surface area contributed by atoms with Crippen molar-refractivity contribution >= 4 is 22.4 Å². The molecule has 0 heterocycles. The van der Waals surface area contributed by atoms with Crippen LogP contribution in [0.4, 0.5) is 5.69 Å². The Labute approximate surface area is 154 Å². The van der Waals surface area contributed by atoms with E-state index in [0.717, 1.165) is 16.6 Å². The fourth-order valence-corrected chi connectivity index (χ4v) is 2.98. The number of fused-ring (bicyclic) bond motifs is 1. The van der Waals surface area contributed by atoms with Crippen LogP contribution in [-0.2, 0) is 11.2 Å². The summed E-state index contributed by atoms with van der Waals surface area (Å²) in [6, 6.07) is 20.0. The van der Waals surface area contributed by atoms with Gasteiger partial charge in [0.05, 0.1) is 14.2 Å². The van der Waals surface area contributed by atoms with E-state index in [-0.39, 0.29) is 5.91 Å². The van der Waals surface area contributed by atoms with Crippen LogP contribution >= 0.6 is 0 Å². The lowest BCUT2D eigenvalue weighted by Gasteiger charge is -2.18. The first-order chi connectivity index (χ1) is 12.6. The van der Waals surface area contributed by atoms with E-state index in [1.165, 1.54) is 5.39 Å². The summed E-state index contributed by atoms with van der Waals surface area (Å²) >= 11 is 0. The first kappa shape index (κ1) is 17.8. The number of carbonyl (C=O) groups excluding carboxylic acids is 1. The summed E-state index contributed by atoms with van der Waals surface area (Å²) in [7, 11) is 5.04. The maximum atomic E-state index is 12.6. The Morgan fingerprint density at radius 3 is 2.35 bits per heavy atom. The SMILES string of the molecule is COc1ccc(CCC(=O)N(C)c2ccc3ccccc3c2)cc1OC. The van der Waals surface area contributed by atoms with E-state index in [0.29, 0.717) is 24.3 Å². The summed E-state index contributed by atoms with van der Waals surface area (Å²) in [4.78, 5) is 14.3. The number of methoxy groups -OCH3 is 2. The summed E-state index contributed by atoms with van der Waals surface area (Å²) in [5.41, 5.74) is 1.95. The first-order valence-corrected chi connectivity index (χ1v) is 8.58. The van der Waals surface area contributed by atoms with Gasteiger partial charge in [-0.05, 0) is 47.0 Å². The second-order valence-electron chi connectivity index (χ2n) is 6.17. The van der Waals surface area contributed by atoms with Crippen LogP contribution in [0.15, 0.2) is 60.7 Å². The van der Waals surface area contributed by atoms with Crippen LogP contribution in [-0.4, -0.2) is 27.2 Å². The number of rotatable bonds is 6. The molecule has 0 spiro atoms. The Bertz CT molecular complexity index is 920. The van der Waals surface area contributed by atoms with Gasteiger partial charge in [0.1, 0.15) is 0 Å². The van der Waals surface area contributed by atoms with Gasteiger partial charge in [-0.15, -0.1) is 0 Å². The van der Waals surface area contributed by atoms with Gasteiger partial charge in [-0.3, -0.25) is 4.79 Å². The molecule has 3 aromatic rings. The molecule has 26 heavy (non-hydrogen) atoms. The molecule has 4 heteroatoms. The normalized spacial score (nSPS) is 10.6. The summed E-state index contributed by atoms with van der Waals surface area (Å²) in [5.74, 6) is 1.45. The topological polar surface area (TPSA) is 38.8 Å². The largest absolute Gasteiger partial charge is 0.493 e. The van der Waals surface area contributed by atoms with Crippen molar-refractivity contribution in [2.75, 3.05) is 26.2 Å². The van der Waals surface area contributed by atoms with Crippen LogP contribution in [0.5, 0.6) is 11.5 Å². The fraction of sp³-hybridized carbons (Fsp3) is 0.227. The first-order valence-electron chi connectivity index (χ1n) is 8.58. The van der Waals surface area contributed by atoms with Gasteiger partial charge in [-0.2, -0.15) is 0 Å². The van der Waals surface area contributed by atoms with Crippen LogP contribution in [0.2, 0.25) is 0 Å². The molecule has 0 fully saturated rings. The fourth-order valence-electron chi connectivity index (χ4n) is 2.98.